The van der Waals surface area contributed by atoms with E-state index in [1.54, 1.807) is 0 Å². The van der Waals surface area contributed by atoms with Crippen LogP contribution in [0.4, 0.5) is 0 Å². The third-order valence-corrected chi connectivity index (χ3v) is 6.98. The van der Waals surface area contributed by atoms with Crippen molar-refractivity contribution >= 4 is 10.8 Å². The van der Waals surface area contributed by atoms with Crippen molar-refractivity contribution in [1.82, 2.24) is 0 Å². The number of hydrogen-bond donors (Lipinski definition) is 0. The van der Waals surface area contributed by atoms with Crippen molar-refractivity contribution in [3.8, 4) is 11.5 Å². The first-order valence-electron chi connectivity index (χ1n) is 12.7. The summed E-state index contributed by atoms with van der Waals surface area (Å²) < 4.78 is 17.7. The fraction of sp³-hybridized carbons (Fsp3) is 0.467. The molecule has 3 aromatic rings. The van der Waals surface area contributed by atoms with Gasteiger partial charge in [0.05, 0.1) is 6.61 Å². The van der Waals surface area contributed by atoms with E-state index >= 15 is 0 Å². The van der Waals surface area contributed by atoms with Crippen molar-refractivity contribution in [2.45, 2.75) is 77.4 Å². The van der Waals surface area contributed by atoms with Crippen LogP contribution in [0.25, 0.3) is 10.8 Å². The number of benzene rings is 3. The van der Waals surface area contributed by atoms with E-state index in [4.69, 9.17) is 14.2 Å². The van der Waals surface area contributed by atoms with E-state index in [0.29, 0.717) is 19.1 Å². The van der Waals surface area contributed by atoms with Crippen LogP contribution < -0.4 is 9.47 Å². The Morgan fingerprint density at radius 3 is 2.24 bits per heavy atom. The Morgan fingerprint density at radius 2 is 1.48 bits per heavy atom. The van der Waals surface area contributed by atoms with E-state index in [-0.39, 0.29) is 6.29 Å². The zero-order valence-electron chi connectivity index (χ0n) is 20.4. The Labute approximate surface area is 199 Å². The third-order valence-electron chi connectivity index (χ3n) is 6.98. The zero-order chi connectivity index (χ0) is 23.0. The van der Waals surface area contributed by atoms with E-state index in [2.05, 4.69) is 68.4 Å². The zero-order valence-corrected chi connectivity index (χ0v) is 20.4. The van der Waals surface area contributed by atoms with E-state index in [1.807, 2.05) is 13.0 Å². The summed E-state index contributed by atoms with van der Waals surface area (Å²) >= 11 is 0. The predicted octanol–water partition coefficient (Wildman–Crippen LogP) is 8.22. The summed E-state index contributed by atoms with van der Waals surface area (Å²) in [6, 6.07) is 21.6. The summed E-state index contributed by atoms with van der Waals surface area (Å²) in [4.78, 5) is 0. The topological polar surface area (TPSA) is 27.7 Å². The van der Waals surface area contributed by atoms with Crippen LogP contribution >= 0.6 is 0 Å². The molecule has 0 bridgehead atoms. The smallest absolute Gasteiger partial charge is 0.197 e. The van der Waals surface area contributed by atoms with Crippen LogP contribution in [0.2, 0.25) is 0 Å². The highest BCUT2D eigenvalue weighted by Gasteiger charge is 2.15. The van der Waals surface area contributed by atoms with Gasteiger partial charge in [0, 0.05) is 0 Å². The summed E-state index contributed by atoms with van der Waals surface area (Å²) in [6.07, 6.45) is 7.57. The normalized spacial score (nSPS) is 16.5. The molecule has 0 N–H and O–H groups in total. The van der Waals surface area contributed by atoms with Gasteiger partial charge in [-0.3, -0.25) is 0 Å². The van der Waals surface area contributed by atoms with Crippen molar-refractivity contribution in [3.05, 3.63) is 71.8 Å². The Hall–Kier alpha value is -2.52. The second-order valence-corrected chi connectivity index (χ2v) is 9.39. The molecule has 1 fully saturated rings. The third kappa shape index (κ3) is 6.51. The van der Waals surface area contributed by atoms with Gasteiger partial charge in [-0.25, -0.2) is 0 Å². The van der Waals surface area contributed by atoms with Crippen LogP contribution in [0.1, 0.15) is 82.3 Å². The molecule has 0 aliphatic heterocycles. The Bertz CT molecular complexity index is 1000. The molecule has 0 aromatic heterocycles. The molecule has 2 unspecified atom stereocenters. The lowest BCUT2D eigenvalue weighted by Gasteiger charge is -2.22. The molecule has 176 valence electrons. The fourth-order valence-electron chi connectivity index (χ4n) is 4.73. The van der Waals surface area contributed by atoms with Crippen molar-refractivity contribution in [3.63, 3.8) is 0 Å². The second-order valence-electron chi connectivity index (χ2n) is 9.39. The first kappa shape index (κ1) is 23.6. The average molecular weight is 447 g/mol. The summed E-state index contributed by atoms with van der Waals surface area (Å²) in [5.41, 5.74) is 2.84. The summed E-state index contributed by atoms with van der Waals surface area (Å²) in [5, 5.41) is 2.43. The number of hydrogen-bond acceptors (Lipinski definition) is 3. The van der Waals surface area contributed by atoms with E-state index in [1.165, 1.54) is 54.0 Å². The molecule has 0 radical (unpaired) electrons. The minimum absolute atomic E-state index is 0.334. The van der Waals surface area contributed by atoms with Gasteiger partial charge in [-0.1, -0.05) is 69.5 Å². The molecule has 0 spiro atoms. The molecule has 4 rings (SSSR count). The van der Waals surface area contributed by atoms with Gasteiger partial charge in [0.15, 0.2) is 6.29 Å². The van der Waals surface area contributed by atoms with Crippen molar-refractivity contribution in [1.29, 1.82) is 0 Å². The maximum Gasteiger partial charge on any atom is 0.197 e. The van der Waals surface area contributed by atoms with E-state index in [9.17, 15) is 0 Å². The Balaban J connectivity index is 1.21. The fourth-order valence-corrected chi connectivity index (χ4v) is 4.73. The largest absolute Gasteiger partial charge is 0.491 e. The molecule has 1 aliphatic carbocycles. The Kier molecular flexibility index (Phi) is 8.28. The standard InChI is InChI=1S/C30H38O3/c1-4-22(2)26-10-11-28-21-30(17-14-27(28)20-26)33-23(3)31-18-19-32-29-15-12-25(13-16-29)24-8-6-5-7-9-24/h10-17,20-24H,4-9,18-19H2,1-3H3. The Morgan fingerprint density at radius 1 is 0.788 bits per heavy atom. The number of ether oxygens (including phenoxy) is 3. The van der Waals surface area contributed by atoms with Gasteiger partial charge >= 0.3 is 0 Å². The molecule has 1 aliphatic rings. The maximum absolute atomic E-state index is 5.98. The van der Waals surface area contributed by atoms with E-state index in [0.717, 1.165) is 23.8 Å². The van der Waals surface area contributed by atoms with Crippen LogP contribution in [0, 0.1) is 0 Å². The lowest BCUT2D eigenvalue weighted by Crippen LogP contribution is -2.19. The molecule has 3 aromatic carbocycles. The molecular weight excluding hydrogens is 408 g/mol. The van der Waals surface area contributed by atoms with Crippen molar-refractivity contribution in [2.24, 2.45) is 0 Å². The van der Waals surface area contributed by atoms with Gasteiger partial charge in [0.1, 0.15) is 18.1 Å². The predicted molar refractivity (Wildman–Crippen MR) is 136 cm³/mol. The summed E-state index contributed by atoms with van der Waals surface area (Å²) in [5.74, 6) is 3.03. The molecule has 3 heteroatoms. The van der Waals surface area contributed by atoms with Gasteiger partial charge in [0.25, 0.3) is 0 Å². The summed E-state index contributed by atoms with van der Waals surface area (Å²) in [6.45, 7) is 7.42. The first-order valence-corrected chi connectivity index (χ1v) is 12.7. The molecule has 0 saturated heterocycles. The highest BCUT2D eigenvalue weighted by molar-refractivity contribution is 5.84. The van der Waals surface area contributed by atoms with Gasteiger partial charge in [-0.2, -0.15) is 0 Å². The van der Waals surface area contributed by atoms with Crippen LogP contribution in [0.15, 0.2) is 60.7 Å². The molecule has 0 amide bonds. The van der Waals surface area contributed by atoms with Gasteiger partial charge in [-0.05, 0) is 84.2 Å². The van der Waals surface area contributed by atoms with Crippen LogP contribution in [0.5, 0.6) is 11.5 Å². The molecule has 1 saturated carbocycles. The first-order chi connectivity index (χ1) is 16.1. The second kappa shape index (κ2) is 11.6. The minimum Gasteiger partial charge on any atom is -0.491 e. The highest BCUT2D eigenvalue weighted by Crippen LogP contribution is 2.33. The number of fused-ring (bicyclic) bond motifs is 1. The molecule has 33 heavy (non-hydrogen) atoms. The molecule has 2 atom stereocenters. The van der Waals surface area contributed by atoms with Gasteiger partial charge in [-0.15, -0.1) is 0 Å². The molecule has 0 heterocycles. The van der Waals surface area contributed by atoms with Crippen LogP contribution in [-0.4, -0.2) is 19.5 Å². The van der Waals surface area contributed by atoms with Crippen LogP contribution in [0.3, 0.4) is 0 Å². The van der Waals surface area contributed by atoms with Gasteiger partial charge in [0.2, 0.25) is 0 Å². The maximum atomic E-state index is 5.98. The van der Waals surface area contributed by atoms with E-state index < -0.39 is 0 Å². The number of rotatable bonds is 10. The quantitative estimate of drug-likeness (QED) is 0.232. The minimum atomic E-state index is -0.334. The lowest BCUT2D eigenvalue weighted by atomic mass is 9.84. The van der Waals surface area contributed by atoms with Crippen molar-refractivity contribution in [2.75, 3.05) is 13.2 Å². The van der Waals surface area contributed by atoms with Crippen molar-refractivity contribution < 1.29 is 14.2 Å². The van der Waals surface area contributed by atoms with Crippen LogP contribution in [-0.2, 0) is 4.74 Å². The summed E-state index contributed by atoms with van der Waals surface area (Å²) in [7, 11) is 0. The van der Waals surface area contributed by atoms with Gasteiger partial charge < -0.3 is 14.2 Å². The SMILES string of the molecule is CCC(C)c1ccc2cc(OC(C)OCCOc3ccc(C4CCCCC4)cc3)ccc2c1. The average Bonchev–Trinajstić information content (AvgIpc) is 2.86. The highest BCUT2D eigenvalue weighted by atomic mass is 16.7. The lowest BCUT2D eigenvalue weighted by molar-refractivity contribution is -0.0738. The molecule has 3 nitrogen and oxygen atoms in total. The molecular formula is C30H38O3. The monoisotopic (exact) mass is 446 g/mol.